The van der Waals surface area contributed by atoms with Crippen molar-refractivity contribution < 1.29 is 13.6 Å². The molecule has 0 saturated carbocycles. The fourth-order valence-corrected chi connectivity index (χ4v) is 1.41. The molecule has 0 aliphatic heterocycles. The monoisotopic (exact) mass is 257 g/mol. The lowest BCUT2D eigenvalue weighted by atomic mass is 10.2. The van der Waals surface area contributed by atoms with Crippen LogP contribution in [0.25, 0.3) is 0 Å². The molecule has 1 amide bonds. The van der Waals surface area contributed by atoms with Crippen LogP contribution in [0.5, 0.6) is 0 Å². The number of hydrogen-bond donors (Lipinski definition) is 3. The summed E-state index contributed by atoms with van der Waals surface area (Å²) in [5.41, 5.74) is 5.33. The van der Waals surface area contributed by atoms with Gasteiger partial charge >= 0.3 is 0 Å². The highest BCUT2D eigenvalue weighted by atomic mass is 19.1. The average Bonchev–Trinajstić information content (AvgIpc) is 2.24. The lowest BCUT2D eigenvalue weighted by Crippen LogP contribution is -2.41. The Labute approximate surface area is 105 Å². The first-order valence-corrected chi connectivity index (χ1v) is 5.62. The smallest absolute Gasteiger partial charge is 0.242 e. The first-order chi connectivity index (χ1) is 8.31. The van der Waals surface area contributed by atoms with Crippen molar-refractivity contribution in [2.45, 2.75) is 32.9 Å². The molecule has 4 N–H and O–H groups in total. The molecule has 1 aromatic carbocycles. The van der Waals surface area contributed by atoms with Crippen LogP contribution in [-0.2, 0) is 4.79 Å². The highest BCUT2D eigenvalue weighted by Crippen LogP contribution is 2.23. The molecule has 100 valence electrons. The number of benzene rings is 1. The number of rotatable bonds is 4. The molecule has 0 radical (unpaired) electrons. The van der Waals surface area contributed by atoms with Crippen LogP contribution in [0.2, 0.25) is 0 Å². The SMILES string of the molecule is CC(C)NC(=O)C(C)Nc1cc(F)cc(F)c1N. The standard InChI is InChI=1S/C12H17F2N3O/c1-6(2)16-12(18)7(3)17-10-5-8(13)4-9(14)11(10)15/h4-7,17H,15H2,1-3H3,(H,16,18). The Balaban J connectivity index is 2.81. The Kier molecular flexibility index (Phi) is 4.47. The summed E-state index contributed by atoms with van der Waals surface area (Å²) in [7, 11) is 0. The highest BCUT2D eigenvalue weighted by Gasteiger charge is 2.16. The van der Waals surface area contributed by atoms with Gasteiger partial charge < -0.3 is 16.4 Å². The van der Waals surface area contributed by atoms with E-state index in [1.54, 1.807) is 6.92 Å². The third-order valence-corrected chi connectivity index (χ3v) is 2.29. The third kappa shape index (κ3) is 3.58. The van der Waals surface area contributed by atoms with Gasteiger partial charge in [0.2, 0.25) is 5.91 Å². The molecule has 1 aromatic rings. The zero-order valence-corrected chi connectivity index (χ0v) is 10.6. The summed E-state index contributed by atoms with van der Waals surface area (Å²) in [4.78, 5) is 11.6. The molecular formula is C12H17F2N3O. The molecule has 0 spiro atoms. The molecule has 0 heterocycles. The minimum absolute atomic E-state index is 0.0108. The van der Waals surface area contributed by atoms with Gasteiger partial charge in [0.15, 0.2) is 5.82 Å². The van der Waals surface area contributed by atoms with Gasteiger partial charge in [0.25, 0.3) is 0 Å². The summed E-state index contributed by atoms with van der Waals surface area (Å²) in [6.07, 6.45) is 0. The molecule has 0 aliphatic carbocycles. The molecule has 6 heteroatoms. The highest BCUT2D eigenvalue weighted by molar-refractivity contribution is 5.85. The van der Waals surface area contributed by atoms with E-state index in [1.807, 2.05) is 13.8 Å². The Morgan fingerprint density at radius 2 is 1.89 bits per heavy atom. The predicted octanol–water partition coefficient (Wildman–Crippen LogP) is 1.87. The normalized spacial score (nSPS) is 12.3. The van der Waals surface area contributed by atoms with Crippen LogP contribution >= 0.6 is 0 Å². The molecule has 0 aliphatic rings. The summed E-state index contributed by atoms with van der Waals surface area (Å²) in [6, 6.07) is 1.09. The second kappa shape index (κ2) is 5.66. The molecule has 0 bridgehead atoms. The number of carbonyl (C=O) groups is 1. The van der Waals surface area contributed by atoms with Crippen LogP contribution in [0, 0.1) is 11.6 Å². The molecular weight excluding hydrogens is 240 g/mol. The summed E-state index contributed by atoms with van der Waals surface area (Å²) in [6.45, 7) is 5.22. The summed E-state index contributed by atoms with van der Waals surface area (Å²) in [5.74, 6) is -1.87. The Morgan fingerprint density at radius 1 is 1.28 bits per heavy atom. The zero-order valence-electron chi connectivity index (χ0n) is 10.6. The van der Waals surface area contributed by atoms with Crippen molar-refractivity contribution in [3.05, 3.63) is 23.8 Å². The summed E-state index contributed by atoms with van der Waals surface area (Å²) >= 11 is 0. The number of amides is 1. The lowest BCUT2D eigenvalue weighted by Gasteiger charge is -2.18. The molecule has 1 atom stereocenters. The molecule has 0 fully saturated rings. The maximum Gasteiger partial charge on any atom is 0.242 e. The fraction of sp³-hybridized carbons (Fsp3) is 0.417. The molecule has 1 unspecified atom stereocenters. The van der Waals surface area contributed by atoms with E-state index in [2.05, 4.69) is 10.6 Å². The van der Waals surface area contributed by atoms with Crippen molar-refractivity contribution in [2.24, 2.45) is 0 Å². The van der Waals surface area contributed by atoms with E-state index in [9.17, 15) is 13.6 Å². The minimum Gasteiger partial charge on any atom is -0.395 e. The minimum atomic E-state index is -0.853. The van der Waals surface area contributed by atoms with E-state index < -0.39 is 17.7 Å². The molecule has 0 saturated heterocycles. The zero-order chi connectivity index (χ0) is 13.9. The van der Waals surface area contributed by atoms with Gasteiger partial charge in [-0.2, -0.15) is 0 Å². The summed E-state index contributed by atoms with van der Waals surface area (Å²) < 4.78 is 26.2. The van der Waals surface area contributed by atoms with Gasteiger partial charge in [0.1, 0.15) is 11.9 Å². The van der Waals surface area contributed by atoms with Gasteiger partial charge in [-0.25, -0.2) is 8.78 Å². The van der Waals surface area contributed by atoms with Crippen molar-refractivity contribution in [3.63, 3.8) is 0 Å². The third-order valence-electron chi connectivity index (χ3n) is 2.29. The van der Waals surface area contributed by atoms with Crippen LogP contribution in [0.3, 0.4) is 0 Å². The van der Waals surface area contributed by atoms with Crippen molar-refractivity contribution in [1.29, 1.82) is 0 Å². The van der Waals surface area contributed by atoms with E-state index in [4.69, 9.17) is 5.73 Å². The number of nitrogens with one attached hydrogen (secondary N) is 2. The van der Waals surface area contributed by atoms with Crippen molar-refractivity contribution in [1.82, 2.24) is 5.32 Å². The predicted molar refractivity (Wildman–Crippen MR) is 67.1 cm³/mol. The first kappa shape index (κ1) is 14.2. The van der Waals surface area contributed by atoms with Crippen LogP contribution < -0.4 is 16.4 Å². The van der Waals surface area contributed by atoms with E-state index in [1.165, 1.54) is 0 Å². The van der Waals surface area contributed by atoms with Gasteiger partial charge in [-0.05, 0) is 26.8 Å². The molecule has 0 aromatic heterocycles. The maximum absolute atomic E-state index is 13.2. The van der Waals surface area contributed by atoms with Crippen LogP contribution in [0.4, 0.5) is 20.2 Å². The molecule has 1 rings (SSSR count). The van der Waals surface area contributed by atoms with Gasteiger partial charge in [-0.1, -0.05) is 0 Å². The van der Waals surface area contributed by atoms with E-state index >= 15 is 0 Å². The van der Waals surface area contributed by atoms with Crippen LogP contribution in [0.1, 0.15) is 20.8 Å². The number of halogens is 2. The van der Waals surface area contributed by atoms with Crippen molar-refractivity contribution >= 4 is 17.3 Å². The van der Waals surface area contributed by atoms with Gasteiger partial charge in [-0.15, -0.1) is 0 Å². The van der Waals surface area contributed by atoms with Crippen molar-refractivity contribution in [3.8, 4) is 0 Å². The van der Waals surface area contributed by atoms with E-state index in [0.717, 1.165) is 6.07 Å². The van der Waals surface area contributed by atoms with Gasteiger partial charge in [-0.3, -0.25) is 4.79 Å². The quantitative estimate of drug-likeness (QED) is 0.721. The number of nitrogen functional groups attached to an aromatic ring is 1. The van der Waals surface area contributed by atoms with Crippen LogP contribution in [-0.4, -0.2) is 18.0 Å². The molecule has 18 heavy (non-hydrogen) atoms. The second-order valence-corrected chi connectivity index (χ2v) is 4.38. The van der Waals surface area contributed by atoms with E-state index in [-0.39, 0.29) is 23.3 Å². The number of carbonyl (C=O) groups excluding carboxylic acids is 1. The number of anilines is 2. The number of hydrogen-bond acceptors (Lipinski definition) is 3. The summed E-state index contributed by atoms with van der Waals surface area (Å²) in [5, 5.41) is 5.36. The fourth-order valence-electron chi connectivity index (χ4n) is 1.41. The van der Waals surface area contributed by atoms with Gasteiger partial charge in [0, 0.05) is 12.1 Å². The van der Waals surface area contributed by atoms with Gasteiger partial charge in [0.05, 0.1) is 11.4 Å². The Morgan fingerprint density at radius 3 is 2.44 bits per heavy atom. The molecule has 4 nitrogen and oxygen atoms in total. The Hall–Kier alpha value is -1.85. The number of nitrogens with two attached hydrogens (primary N) is 1. The Bertz CT molecular complexity index is 449. The first-order valence-electron chi connectivity index (χ1n) is 5.62. The van der Waals surface area contributed by atoms with Crippen molar-refractivity contribution in [2.75, 3.05) is 11.1 Å². The van der Waals surface area contributed by atoms with Crippen LogP contribution in [0.15, 0.2) is 12.1 Å². The second-order valence-electron chi connectivity index (χ2n) is 4.38. The lowest BCUT2D eigenvalue weighted by molar-refractivity contribution is -0.122. The maximum atomic E-state index is 13.2. The van der Waals surface area contributed by atoms with E-state index in [0.29, 0.717) is 6.07 Å². The topological polar surface area (TPSA) is 67.2 Å². The largest absolute Gasteiger partial charge is 0.395 e. The average molecular weight is 257 g/mol.